The Morgan fingerprint density at radius 2 is 1.63 bits per heavy atom. The molecule has 3 rings (SSSR count). The zero-order valence-corrected chi connectivity index (χ0v) is 16.5. The Morgan fingerprint density at radius 1 is 0.967 bits per heavy atom. The maximum atomic E-state index is 12.7. The van der Waals surface area contributed by atoms with Crippen molar-refractivity contribution in [1.82, 2.24) is 9.55 Å². The molecule has 2 aromatic carbocycles. The second-order valence-electron chi connectivity index (χ2n) is 6.94. The monoisotopic (exact) mass is 406 g/mol. The molecule has 0 aliphatic rings. The largest absolute Gasteiger partial charge is 0.478 e. The number of hydrogen-bond acceptors (Lipinski definition) is 4. The molecule has 0 aliphatic carbocycles. The Morgan fingerprint density at radius 3 is 2.27 bits per heavy atom. The summed E-state index contributed by atoms with van der Waals surface area (Å²) in [4.78, 5) is 39.7. The molecule has 154 valence electrons. The van der Waals surface area contributed by atoms with E-state index in [-0.39, 0.29) is 17.7 Å². The van der Waals surface area contributed by atoms with Gasteiger partial charge in [-0.05, 0) is 29.2 Å². The van der Waals surface area contributed by atoms with Crippen molar-refractivity contribution in [3.05, 3.63) is 87.6 Å². The number of carboxylic acids is 2. The Hall–Kier alpha value is -3.74. The molecule has 0 atom stereocenters. The van der Waals surface area contributed by atoms with Crippen LogP contribution in [0.4, 0.5) is 0 Å². The lowest BCUT2D eigenvalue weighted by atomic mass is 9.99. The minimum Gasteiger partial charge on any atom is -0.478 e. The van der Waals surface area contributed by atoms with Crippen LogP contribution in [0.3, 0.4) is 0 Å². The lowest BCUT2D eigenvalue weighted by molar-refractivity contribution is 0.0684. The molecule has 0 saturated carbocycles. The topological polar surface area (TPSA) is 109 Å². The number of rotatable bonds is 8. The Kier molecular flexibility index (Phi) is 6.41. The summed E-state index contributed by atoms with van der Waals surface area (Å²) in [5.74, 6) is -1.76. The first-order valence-electron chi connectivity index (χ1n) is 9.66. The first-order chi connectivity index (χ1) is 14.4. The Balaban J connectivity index is 1.96. The van der Waals surface area contributed by atoms with Gasteiger partial charge in [0.2, 0.25) is 0 Å². The van der Waals surface area contributed by atoms with Crippen LogP contribution in [0.5, 0.6) is 0 Å². The highest BCUT2D eigenvalue weighted by Crippen LogP contribution is 2.24. The molecule has 30 heavy (non-hydrogen) atoms. The summed E-state index contributed by atoms with van der Waals surface area (Å²) in [6.45, 7) is 2.22. The van der Waals surface area contributed by atoms with E-state index < -0.39 is 17.5 Å². The van der Waals surface area contributed by atoms with E-state index in [1.807, 2.05) is 6.92 Å². The molecule has 0 radical (unpaired) electrons. The van der Waals surface area contributed by atoms with Gasteiger partial charge in [0, 0.05) is 12.6 Å². The van der Waals surface area contributed by atoms with Gasteiger partial charge < -0.3 is 10.2 Å². The van der Waals surface area contributed by atoms with E-state index in [2.05, 4.69) is 4.98 Å². The second-order valence-corrected chi connectivity index (χ2v) is 6.94. The molecule has 2 N–H and O–H groups in total. The van der Waals surface area contributed by atoms with Crippen LogP contribution in [0.25, 0.3) is 11.1 Å². The summed E-state index contributed by atoms with van der Waals surface area (Å²) < 4.78 is 1.40. The van der Waals surface area contributed by atoms with Gasteiger partial charge in [0.05, 0.1) is 12.1 Å². The lowest BCUT2D eigenvalue weighted by Crippen LogP contribution is -2.30. The van der Waals surface area contributed by atoms with Crippen LogP contribution in [0.1, 0.15) is 51.9 Å². The molecule has 0 bridgehead atoms. The number of benzene rings is 2. The van der Waals surface area contributed by atoms with Gasteiger partial charge in [0.1, 0.15) is 11.4 Å². The third kappa shape index (κ3) is 4.46. The molecule has 3 aromatic rings. The molecular formula is C23H22N2O5. The first-order valence-corrected chi connectivity index (χ1v) is 9.66. The summed E-state index contributed by atoms with van der Waals surface area (Å²) in [5, 5.41) is 18.6. The fraction of sp³-hybridized carbons (Fsp3) is 0.217. The molecule has 1 heterocycles. The van der Waals surface area contributed by atoms with Crippen molar-refractivity contribution < 1.29 is 19.8 Å². The van der Waals surface area contributed by atoms with Crippen LogP contribution < -0.4 is 5.56 Å². The molecule has 0 amide bonds. The summed E-state index contributed by atoms with van der Waals surface area (Å²) in [7, 11) is 0. The smallest absolute Gasteiger partial charge is 0.342 e. The summed E-state index contributed by atoms with van der Waals surface area (Å²) in [6, 6.07) is 13.9. The third-order valence-electron chi connectivity index (χ3n) is 4.88. The van der Waals surface area contributed by atoms with E-state index >= 15 is 0 Å². The number of carboxylic acid groups (broad SMARTS) is 2. The summed E-state index contributed by atoms with van der Waals surface area (Å²) in [5.41, 5.74) is 1.41. The molecule has 1 aromatic heterocycles. The fourth-order valence-electron chi connectivity index (χ4n) is 3.26. The van der Waals surface area contributed by atoms with Crippen LogP contribution in [-0.2, 0) is 13.0 Å². The van der Waals surface area contributed by atoms with Crippen molar-refractivity contribution in [2.75, 3.05) is 0 Å². The first kappa shape index (κ1) is 21.0. The van der Waals surface area contributed by atoms with Crippen molar-refractivity contribution in [2.24, 2.45) is 0 Å². The van der Waals surface area contributed by atoms with Crippen molar-refractivity contribution >= 4 is 11.9 Å². The number of aromatic nitrogens is 2. The maximum absolute atomic E-state index is 12.7. The van der Waals surface area contributed by atoms with E-state index in [1.165, 1.54) is 4.57 Å². The number of carbonyl (C=O) groups is 2. The van der Waals surface area contributed by atoms with Gasteiger partial charge in [0.15, 0.2) is 0 Å². The van der Waals surface area contributed by atoms with Gasteiger partial charge >= 0.3 is 11.9 Å². The van der Waals surface area contributed by atoms with Crippen LogP contribution in [0.15, 0.2) is 59.5 Å². The van der Waals surface area contributed by atoms with Crippen molar-refractivity contribution in [3.63, 3.8) is 0 Å². The van der Waals surface area contributed by atoms with Gasteiger partial charge in [-0.2, -0.15) is 0 Å². The van der Waals surface area contributed by atoms with Crippen LogP contribution in [-0.4, -0.2) is 31.7 Å². The molecule has 0 saturated heterocycles. The Bertz CT molecular complexity index is 1130. The maximum Gasteiger partial charge on any atom is 0.342 e. The summed E-state index contributed by atoms with van der Waals surface area (Å²) >= 11 is 0. The number of unbranched alkanes of at least 4 members (excludes halogenated alkanes) is 1. The molecule has 0 spiro atoms. The second kappa shape index (κ2) is 9.17. The molecule has 0 unspecified atom stereocenters. The van der Waals surface area contributed by atoms with Crippen molar-refractivity contribution in [1.29, 1.82) is 0 Å². The van der Waals surface area contributed by atoms with E-state index in [9.17, 15) is 24.6 Å². The number of aryl methyl sites for hydroxylation is 1. The van der Waals surface area contributed by atoms with Gasteiger partial charge in [-0.3, -0.25) is 9.36 Å². The predicted molar refractivity (Wildman–Crippen MR) is 112 cm³/mol. The van der Waals surface area contributed by atoms with Gasteiger partial charge in [-0.15, -0.1) is 0 Å². The predicted octanol–water partition coefficient (Wildman–Crippen LogP) is 3.70. The highest BCUT2D eigenvalue weighted by molar-refractivity contribution is 5.96. The number of nitrogens with zero attached hydrogens (tertiary/aromatic N) is 2. The zero-order valence-electron chi connectivity index (χ0n) is 16.5. The molecular weight excluding hydrogens is 384 g/mol. The lowest BCUT2D eigenvalue weighted by Gasteiger charge is -2.13. The summed E-state index contributed by atoms with van der Waals surface area (Å²) in [6.07, 6.45) is 3.46. The average molecular weight is 406 g/mol. The SMILES string of the molecule is CCCCc1ncc(C(=O)O)c(=O)n1Cc1ccc(-c2ccccc2C(=O)O)cc1. The van der Waals surface area contributed by atoms with E-state index in [0.29, 0.717) is 17.8 Å². The van der Waals surface area contributed by atoms with Crippen molar-refractivity contribution in [2.45, 2.75) is 32.7 Å². The third-order valence-corrected chi connectivity index (χ3v) is 4.88. The molecule has 7 nitrogen and oxygen atoms in total. The average Bonchev–Trinajstić information content (AvgIpc) is 2.74. The quantitative estimate of drug-likeness (QED) is 0.590. The highest BCUT2D eigenvalue weighted by Gasteiger charge is 2.16. The minimum atomic E-state index is -1.30. The molecule has 0 fully saturated rings. The van der Waals surface area contributed by atoms with Gasteiger partial charge in [0.25, 0.3) is 5.56 Å². The van der Waals surface area contributed by atoms with Crippen molar-refractivity contribution in [3.8, 4) is 11.1 Å². The number of hydrogen-bond donors (Lipinski definition) is 2. The fourth-order valence-corrected chi connectivity index (χ4v) is 3.26. The number of aromatic carboxylic acids is 2. The van der Waals surface area contributed by atoms with Gasteiger partial charge in [-0.25, -0.2) is 14.6 Å². The zero-order chi connectivity index (χ0) is 21.7. The highest BCUT2D eigenvalue weighted by atomic mass is 16.4. The van der Waals surface area contributed by atoms with E-state index in [4.69, 9.17) is 0 Å². The van der Waals surface area contributed by atoms with E-state index in [0.717, 1.165) is 30.2 Å². The normalized spacial score (nSPS) is 10.7. The van der Waals surface area contributed by atoms with Crippen LogP contribution in [0.2, 0.25) is 0 Å². The minimum absolute atomic E-state index is 0.187. The molecule has 7 heteroatoms. The van der Waals surface area contributed by atoms with Crippen LogP contribution in [0, 0.1) is 0 Å². The molecule has 0 aliphatic heterocycles. The van der Waals surface area contributed by atoms with Gasteiger partial charge in [-0.1, -0.05) is 55.8 Å². The standard InChI is InChI=1S/C23H22N2O5/c1-2-3-8-20-24-13-19(23(29)30)21(26)25(20)14-15-9-11-16(12-10-15)17-6-4-5-7-18(17)22(27)28/h4-7,9-13H,2-3,8,14H2,1H3,(H,27,28)(H,29,30). The Labute approximate surface area is 173 Å². The van der Waals surface area contributed by atoms with E-state index in [1.54, 1.807) is 48.5 Å². The van der Waals surface area contributed by atoms with Crippen LogP contribution >= 0.6 is 0 Å².